The van der Waals surface area contributed by atoms with E-state index in [2.05, 4.69) is 0 Å². The molecule has 0 spiro atoms. The maximum absolute atomic E-state index is 11.9. The van der Waals surface area contributed by atoms with E-state index in [4.69, 9.17) is 11.6 Å². The predicted molar refractivity (Wildman–Crippen MR) is 78.1 cm³/mol. The zero-order valence-electron chi connectivity index (χ0n) is 11.4. The van der Waals surface area contributed by atoms with Crippen molar-refractivity contribution in [3.05, 3.63) is 34.9 Å². The van der Waals surface area contributed by atoms with Gasteiger partial charge in [-0.2, -0.15) is 4.31 Å². The number of piperazine rings is 1. The van der Waals surface area contributed by atoms with Crippen LogP contribution in [0.4, 0.5) is 0 Å². The van der Waals surface area contributed by atoms with Crippen LogP contribution in [-0.4, -0.2) is 56.0 Å². The molecule has 1 aromatic rings. The number of rotatable bonds is 3. The van der Waals surface area contributed by atoms with E-state index in [0.29, 0.717) is 18.0 Å². The van der Waals surface area contributed by atoms with Crippen LogP contribution in [-0.2, 0) is 21.2 Å². The van der Waals surface area contributed by atoms with Crippen LogP contribution in [0.5, 0.6) is 0 Å². The highest BCUT2D eigenvalue weighted by atomic mass is 35.5. The molecule has 1 fully saturated rings. The summed E-state index contributed by atoms with van der Waals surface area (Å²) in [6.07, 6.45) is 1.73. The molecule has 20 heavy (non-hydrogen) atoms. The number of amides is 1. The van der Waals surface area contributed by atoms with E-state index in [9.17, 15) is 13.2 Å². The molecule has 7 heteroatoms. The van der Waals surface area contributed by atoms with Crippen LogP contribution < -0.4 is 0 Å². The molecule has 1 amide bonds. The van der Waals surface area contributed by atoms with Crippen molar-refractivity contribution in [1.82, 2.24) is 9.21 Å². The molecular formula is C13H17ClN2O3S. The number of carbonyl (C=O) groups excluding carboxylic acids is 1. The SMILES string of the molecule is CN1C(=O)CN(S(C)(=O)=O)C[C@@H]1Cc1ccc(Cl)cc1. The fourth-order valence-corrected chi connectivity index (χ4v) is 3.15. The molecule has 0 aliphatic carbocycles. The first-order valence-corrected chi connectivity index (χ1v) is 8.45. The van der Waals surface area contributed by atoms with Crippen LogP contribution in [0.1, 0.15) is 5.56 Å². The number of sulfonamides is 1. The summed E-state index contributed by atoms with van der Waals surface area (Å²) in [4.78, 5) is 13.5. The van der Waals surface area contributed by atoms with Crippen molar-refractivity contribution in [3.8, 4) is 0 Å². The van der Waals surface area contributed by atoms with E-state index in [1.165, 1.54) is 4.31 Å². The van der Waals surface area contributed by atoms with Crippen LogP contribution in [0.3, 0.4) is 0 Å². The molecular weight excluding hydrogens is 300 g/mol. The van der Waals surface area contributed by atoms with Gasteiger partial charge in [-0.3, -0.25) is 4.79 Å². The van der Waals surface area contributed by atoms with E-state index in [-0.39, 0.29) is 18.5 Å². The van der Waals surface area contributed by atoms with Gasteiger partial charge in [0.2, 0.25) is 15.9 Å². The van der Waals surface area contributed by atoms with Gasteiger partial charge in [-0.1, -0.05) is 23.7 Å². The molecule has 1 atom stereocenters. The molecule has 110 valence electrons. The molecule has 0 N–H and O–H groups in total. The average molecular weight is 317 g/mol. The van der Waals surface area contributed by atoms with E-state index < -0.39 is 10.0 Å². The number of likely N-dealkylation sites (N-methyl/N-ethyl adjacent to an activating group) is 1. The highest BCUT2D eigenvalue weighted by Gasteiger charge is 2.34. The Labute approximate surface area is 124 Å². The minimum absolute atomic E-state index is 0.0769. The Kier molecular flexibility index (Phi) is 4.36. The van der Waals surface area contributed by atoms with Gasteiger partial charge < -0.3 is 4.90 Å². The fourth-order valence-electron chi connectivity index (χ4n) is 2.23. The Balaban J connectivity index is 2.16. The van der Waals surface area contributed by atoms with Crippen molar-refractivity contribution in [2.75, 3.05) is 26.4 Å². The lowest BCUT2D eigenvalue weighted by atomic mass is 10.0. The van der Waals surface area contributed by atoms with Crippen molar-refractivity contribution in [3.63, 3.8) is 0 Å². The monoisotopic (exact) mass is 316 g/mol. The molecule has 2 rings (SSSR count). The predicted octanol–water partition coefficient (Wildman–Crippen LogP) is 0.985. The van der Waals surface area contributed by atoms with E-state index in [1.807, 2.05) is 12.1 Å². The van der Waals surface area contributed by atoms with E-state index >= 15 is 0 Å². The zero-order valence-corrected chi connectivity index (χ0v) is 13.0. The summed E-state index contributed by atoms with van der Waals surface area (Å²) in [5.41, 5.74) is 1.02. The molecule has 0 radical (unpaired) electrons. The number of carbonyl (C=O) groups is 1. The standard InChI is InChI=1S/C13H17ClN2O3S/c1-15-12(7-10-3-5-11(14)6-4-10)8-16(9-13(15)17)20(2,18)19/h3-6,12H,7-9H2,1-2H3/t12-/m0/s1. The number of halogens is 1. The molecule has 1 saturated heterocycles. The number of hydrogen-bond acceptors (Lipinski definition) is 3. The van der Waals surface area contributed by atoms with E-state index in [0.717, 1.165) is 11.8 Å². The summed E-state index contributed by atoms with van der Waals surface area (Å²) in [6, 6.07) is 7.19. The number of hydrogen-bond donors (Lipinski definition) is 0. The lowest BCUT2D eigenvalue weighted by Crippen LogP contribution is -2.56. The Bertz CT molecular complexity index is 601. The van der Waals surface area contributed by atoms with Crippen molar-refractivity contribution < 1.29 is 13.2 Å². The first-order chi connectivity index (χ1) is 9.27. The van der Waals surface area contributed by atoms with Crippen LogP contribution in [0.25, 0.3) is 0 Å². The summed E-state index contributed by atoms with van der Waals surface area (Å²) >= 11 is 5.84. The second-order valence-corrected chi connectivity index (χ2v) is 7.46. The summed E-state index contributed by atoms with van der Waals surface area (Å²) in [6.45, 7) is 0.246. The number of benzene rings is 1. The first-order valence-electron chi connectivity index (χ1n) is 6.22. The molecule has 0 saturated carbocycles. The fraction of sp³-hybridized carbons (Fsp3) is 0.462. The first kappa shape index (κ1) is 15.3. The van der Waals surface area contributed by atoms with Gasteiger partial charge >= 0.3 is 0 Å². The van der Waals surface area contributed by atoms with Gasteiger partial charge in [0.15, 0.2) is 0 Å². The van der Waals surface area contributed by atoms with Crippen molar-refractivity contribution >= 4 is 27.5 Å². The summed E-state index contributed by atoms with van der Waals surface area (Å²) in [5, 5.41) is 0.652. The average Bonchev–Trinajstić information content (AvgIpc) is 2.36. The molecule has 1 aromatic carbocycles. The van der Waals surface area contributed by atoms with E-state index in [1.54, 1.807) is 24.1 Å². The summed E-state index contributed by atoms with van der Waals surface area (Å²) in [7, 11) is -1.64. The third-order valence-corrected chi connectivity index (χ3v) is 4.99. The topological polar surface area (TPSA) is 57.7 Å². The van der Waals surface area contributed by atoms with Gasteiger partial charge in [-0.15, -0.1) is 0 Å². The highest BCUT2D eigenvalue weighted by molar-refractivity contribution is 7.88. The second kappa shape index (κ2) is 5.71. The zero-order chi connectivity index (χ0) is 14.9. The Morgan fingerprint density at radius 2 is 1.90 bits per heavy atom. The van der Waals surface area contributed by atoms with Gasteiger partial charge in [0.25, 0.3) is 0 Å². The largest absolute Gasteiger partial charge is 0.340 e. The van der Waals surface area contributed by atoms with Crippen molar-refractivity contribution in [1.29, 1.82) is 0 Å². The van der Waals surface area contributed by atoms with Crippen molar-refractivity contribution in [2.45, 2.75) is 12.5 Å². The van der Waals surface area contributed by atoms with Crippen LogP contribution in [0, 0.1) is 0 Å². The third kappa shape index (κ3) is 3.50. The van der Waals surface area contributed by atoms with Crippen LogP contribution >= 0.6 is 11.6 Å². The summed E-state index contributed by atoms with van der Waals surface area (Å²) in [5.74, 6) is -0.180. The minimum atomic E-state index is -3.35. The third-order valence-electron chi connectivity index (χ3n) is 3.52. The van der Waals surface area contributed by atoms with Crippen LogP contribution in [0.2, 0.25) is 5.02 Å². The quantitative estimate of drug-likeness (QED) is 0.835. The Morgan fingerprint density at radius 1 is 1.30 bits per heavy atom. The lowest BCUT2D eigenvalue weighted by molar-refractivity contribution is -0.135. The maximum Gasteiger partial charge on any atom is 0.237 e. The number of nitrogens with zero attached hydrogens (tertiary/aromatic N) is 2. The molecule has 0 bridgehead atoms. The molecule has 1 aliphatic heterocycles. The van der Waals surface area contributed by atoms with Gasteiger partial charge in [0, 0.05) is 24.7 Å². The summed E-state index contributed by atoms with van der Waals surface area (Å²) < 4.78 is 24.5. The van der Waals surface area contributed by atoms with Gasteiger partial charge in [-0.05, 0) is 24.1 Å². The van der Waals surface area contributed by atoms with Gasteiger partial charge in [0.1, 0.15) is 0 Å². The highest BCUT2D eigenvalue weighted by Crippen LogP contribution is 2.18. The van der Waals surface area contributed by atoms with Crippen molar-refractivity contribution in [2.24, 2.45) is 0 Å². The van der Waals surface area contributed by atoms with Gasteiger partial charge in [-0.25, -0.2) is 8.42 Å². The lowest BCUT2D eigenvalue weighted by Gasteiger charge is -2.38. The Morgan fingerprint density at radius 3 is 2.45 bits per heavy atom. The molecule has 0 aromatic heterocycles. The van der Waals surface area contributed by atoms with Crippen LogP contribution in [0.15, 0.2) is 24.3 Å². The second-order valence-electron chi connectivity index (χ2n) is 5.04. The molecule has 5 nitrogen and oxygen atoms in total. The molecule has 1 aliphatic rings. The normalized spacial score (nSPS) is 21.2. The Hall–Kier alpha value is -1.11. The molecule has 1 heterocycles. The van der Waals surface area contributed by atoms with Gasteiger partial charge in [0.05, 0.1) is 12.8 Å². The smallest absolute Gasteiger partial charge is 0.237 e. The minimum Gasteiger partial charge on any atom is -0.340 e. The molecule has 0 unspecified atom stereocenters. The maximum atomic E-state index is 11.9.